The van der Waals surface area contributed by atoms with E-state index in [9.17, 15) is 0 Å². The third kappa shape index (κ3) is 5.22. The lowest BCUT2D eigenvalue weighted by atomic mass is 10.1. The lowest BCUT2D eigenvalue weighted by Crippen LogP contribution is -2.15. The molecule has 20 heavy (non-hydrogen) atoms. The predicted molar refractivity (Wildman–Crippen MR) is 85.3 cm³/mol. The Morgan fingerprint density at radius 2 is 1.85 bits per heavy atom. The quantitative estimate of drug-likeness (QED) is 0.661. The van der Waals surface area contributed by atoms with Crippen LogP contribution in [0.5, 0.6) is 11.5 Å². The zero-order chi connectivity index (χ0) is 14.8. The van der Waals surface area contributed by atoms with E-state index in [2.05, 4.69) is 12.2 Å². The van der Waals surface area contributed by atoms with E-state index in [0.29, 0.717) is 10.8 Å². The van der Waals surface area contributed by atoms with Crippen LogP contribution >= 0.6 is 11.6 Å². The second-order valence-electron chi connectivity index (χ2n) is 4.83. The van der Waals surface area contributed by atoms with Crippen molar-refractivity contribution in [2.75, 3.05) is 27.3 Å². The molecule has 1 aromatic rings. The fourth-order valence-corrected chi connectivity index (χ4v) is 2.54. The summed E-state index contributed by atoms with van der Waals surface area (Å²) in [6.07, 6.45) is 5.75. The Hall–Kier alpha value is -0.930. The first-order valence-corrected chi connectivity index (χ1v) is 7.72. The Balaban J connectivity index is 2.42. The highest BCUT2D eigenvalue weighted by Crippen LogP contribution is 2.37. The summed E-state index contributed by atoms with van der Waals surface area (Å²) in [5.41, 5.74) is 1.15. The maximum Gasteiger partial charge on any atom is 0.144 e. The minimum atomic E-state index is 0.567. The smallest absolute Gasteiger partial charge is 0.144 e. The molecule has 0 amide bonds. The monoisotopic (exact) mass is 299 g/mol. The van der Waals surface area contributed by atoms with E-state index in [1.54, 1.807) is 14.2 Å². The summed E-state index contributed by atoms with van der Waals surface area (Å²) in [5.74, 6) is 1.41. The summed E-state index contributed by atoms with van der Waals surface area (Å²) < 4.78 is 10.6. The van der Waals surface area contributed by atoms with Crippen LogP contribution in [0.4, 0.5) is 0 Å². The number of halogens is 1. The number of ether oxygens (including phenoxy) is 2. The maximum atomic E-state index is 6.25. The summed E-state index contributed by atoms with van der Waals surface area (Å²) in [5, 5.41) is 3.98. The number of hydrogen-bond donors (Lipinski definition) is 1. The van der Waals surface area contributed by atoms with Crippen molar-refractivity contribution in [3.8, 4) is 11.5 Å². The number of nitrogens with one attached hydrogen (secondary N) is 1. The largest absolute Gasteiger partial charge is 0.495 e. The molecule has 0 fully saturated rings. The van der Waals surface area contributed by atoms with Crippen molar-refractivity contribution in [2.45, 2.75) is 39.0 Å². The molecule has 0 atom stereocenters. The molecule has 0 aliphatic heterocycles. The fraction of sp³-hybridized carbons (Fsp3) is 0.625. The molecule has 0 aliphatic carbocycles. The lowest BCUT2D eigenvalue weighted by Gasteiger charge is -2.13. The highest BCUT2D eigenvalue weighted by molar-refractivity contribution is 6.33. The van der Waals surface area contributed by atoms with Gasteiger partial charge in [-0.2, -0.15) is 0 Å². The molecule has 1 rings (SSSR count). The number of hydrogen-bond acceptors (Lipinski definition) is 3. The molecule has 0 unspecified atom stereocenters. The topological polar surface area (TPSA) is 30.5 Å². The maximum absolute atomic E-state index is 6.25. The van der Waals surface area contributed by atoms with Gasteiger partial charge in [0.25, 0.3) is 0 Å². The van der Waals surface area contributed by atoms with Crippen molar-refractivity contribution in [1.29, 1.82) is 0 Å². The first-order valence-electron chi connectivity index (χ1n) is 7.34. The molecule has 114 valence electrons. The first-order chi connectivity index (χ1) is 9.74. The SMILES string of the molecule is CCCNCCCCCc1ccc(OC)c(Cl)c1OC. The van der Waals surface area contributed by atoms with Crippen molar-refractivity contribution in [1.82, 2.24) is 5.32 Å². The van der Waals surface area contributed by atoms with Gasteiger partial charge in [0.05, 0.1) is 14.2 Å². The van der Waals surface area contributed by atoms with Gasteiger partial charge in [-0.3, -0.25) is 0 Å². The molecule has 3 nitrogen and oxygen atoms in total. The van der Waals surface area contributed by atoms with Gasteiger partial charge in [-0.05, 0) is 50.4 Å². The van der Waals surface area contributed by atoms with E-state index < -0.39 is 0 Å². The van der Waals surface area contributed by atoms with E-state index in [1.165, 1.54) is 19.3 Å². The Morgan fingerprint density at radius 1 is 1.05 bits per heavy atom. The third-order valence-electron chi connectivity index (χ3n) is 3.29. The van der Waals surface area contributed by atoms with E-state index in [0.717, 1.165) is 37.2 Å². The first kappa shape index (κ1) is 17.1. The van der Waals surface area contributed by atoms with Gasteiger partial charge in [-0.25, -0.2) is 0 Å². The summed E-state index contributed by atoms with van der Waals surface area (Å²) in [6, 6.07) is 3.95. The number of methoxy groups -OCH3 is 2. The molecule has 0 bridgehead atoms. The van der Waals surface area contributed by atoms with Crippen LogP contribution in [0.3, 0.4) is 0 Å². The van der Waals surface area contributed by atoms with Crippen LogP contribution in [0.1, 0.15) is 38.2 Å². The molecule has 1 N–H and O–H groups in total. The van der Waals surface area contributed by atoms with Crippen LogP contribution in [-0.4, -0.2) is 27.3 Å². The molecule has 0 aromatic heterocycles. The normalized spacial score (nSPS) is 10.6. The molecule has 0 radical (unpaired) electrons. The molecule has 4 heteroatoms. The van der Waals surface area contributed by atoms with E-state index >= 15 is 0 Å². The van der Waals surface area contributed by atoms with Crippen LogP contribution in [0.15, 0.2) is 12.1 Å². The zero-order valence-corrected chi connectivity index (χ0v) is 13.6. The Morgan fingerprint density at radius 3 is 2.50 bits per heavy atom. The van der Waals surface area contributed by atoms with Gasteiger partial charge in [0.2, 0.25) is 0 Å². The average molecular weight is 300 g/mol. The van der Waals surface area contributed by atoms with E-state index in [-0.39, 0.29) is 0 Å². The summed E-state index contributed by atoms with van der Waals surface area (Å²) in [4.78, 5) is 0. The van der Waals surface area contributed by atoms with Gasteiger partial charge in [0, 0.05) is 0 Å². The molecular formula is C16H26ClNO2. The second kappa shape index (κ2) is 9.89. The number of benzene rings is 1. The fourth-order valence-electron chi connectivity index (χ4n) is 2.20. The Labute approximate surface area is 127 Å². The molecule has 1 aromatic carbocycles. The predicted octanol–water partition coefficient (Wildman–Crippen LogP) is 4.07. The van der Waals surface area contributed by atoms with Crippen molar-refractivity contribution in [2.24, 2.45) is 0 Å². The van der Waals surface area contributed by atoms with Crippen LogP contribution in [0.2, 0.25) is 5.02 Å². The summed E-state index contributed by atoms with van der Waals surface area (Å²) in [6.45, 7) is 4.41. The number of rotatable bonds is 10. The van der Waals surface area contributed by atoms with Gasteiger partial charge in [-0.15, -0.1) is 0 Å². The summed E-state index contributed by atoms with van der Waals surface area (Å²) in [7, 11) is 3.27. The molecule has 0 saturated carbocycles. The summed E-state index contributed by atoms with van der Waals surface area (Å²) >= 11 is 6.25. The molecule has 0 spiro atoms. The number of aryl methyl sites for hydroxylation is 1. The lowest BCUT2D eigenvalue weighted by molar-refractivity contribution is 0.391. The Bertz CT molecular complexity index is 396. The van der Waals surface area contributed by atoms with Gasteiger partial charge in [-0.1, -0.05) is 31.0 Å². The average Bonchev–Trinajstić information content (AvgIpc) is 2.46. The van der Waals surface area contributed by atoms with Crippen LogP contribution in [0, 0.1) is 0 Å². The zero-order valence-electron chi connectivity index (χ0n) is 12.8. The number of unbranched alkanes of at least 4 members (excludes halogenated alkanes) is 2. The van der Waals surface area contributed by atoms with Crippen molar-refractivity contribution in [3.05, 3.63) is 22.7 Å². The van der Waals surface area contributed by atoms with Crippen molar-refractivity contribution < 1.29 is 9.47 Å². The molecule has 0 aliphatic rings. The van der Waals surface area contributed by atoms with E-state index in [4.69, 9.17) is 21.1 Å². The molecular weight excluding hydrogens is 274 g/mol. The highest BCUT2D eigenvalue weighted by atomic mass is 35.5. The second-order valence-corrected chi connectivity index (χ2v) is 5.21. The van der Waals surface area contributed by atoms with Crippen LogP contribution in [0.25, 0.3) is 0 Å². The van der Waals surface area contributed by atoms with Crippen molar-refractivity contribution in [3.63, 3.8) is 0 Å². The van der Waals surface area contributed by atoms with Crippen molar-refractivity contribution >= 4 is 11.6 Å². The van der Waals surface area contributed by atoms with Gasteiger partial charge < -0.3 is 14.8 Å². The highest BCUT2D eigenvalue weighted by Gasteiger charge is 2.12. The van der Waals surface area contributed by atoms with Gasteiger partial charge in [0.15, 0.2) is 0 Å². The third-order valence-corrected chi connectivity index (χ3v) is 3.65. The molecule has 0 heterocycles. The minimum absolute atomic E-state index is 0.567. The van der Waals surface area contributed by atoms with Crippen LogP contribution < -0.4 is 14.8 Å². The van der Waals surface area contributed by atoms with E-state index in [1.807, 2.05) is 12.1 Å². The minimum Gasteiger partial charge on any atom is -0.495 e. The Kier molecular flexibility index (Phi) is 8.47. The van der Waals surface area contributed by atoms with Gasteiger partial charge >= 0.3 is 0 Å². The van der Waals surface area contributed by atoms with Crippen LogP contribution in [-0.2, 0) is 6.42 Å². The standard InChI is InChI=1S/C16H26ClNO2/c1-4-11-18-12-7-5-6-8-13-9-10-14(19-2)15(17)16(13)20-3/h9-10,18H,4-8,11-12H2,1-3H3. The molecule has 0 saturated heterocycles. The van der Waals surface area contributed by atoms with Gasteiger partial charge in [0.1, 0.15) is 16.5 Å².